The van der Waals surface area contributed by atoms with Gasteiger partial charge in [-0.3, -0.25) is 15.0 Å². The van der Waals surface area contributed by atoms with Gasteiger partial charge in [-0.25, -0.2) is 4.79 Å². The molecule has 0 atom stereocenters. The molecule has 218 valence electrons. The molecular formula is C30H36N4O7. The lowest BCUT2D eigenvalue weighted by Gasteiger charge is -2.25. The summed E-state index contributed by atoms with van der Waals surface area (Å²) < 4.78 is 21.7. The van der Waals surface area contributed by atoms with Crippen molar-refractivity contribution in [2.75, 3.05) is 59.5 Å². The number of carbonyl (C=O) groups is 1. The van der Waals surface area contributed by atoms with Gasteiger partial charge in [0.25, 0.3) is 5.69 Å². The van der Waals surface area contributed by atoms with Crippen molar-refractivity contribution in [2.24, 2.45) is 0 Å². The number of nitro benzene ring substituents is 1. The molecule has 1 N–H and O–H groups in total. The summed E-state index contributed by atoms with van der Waals surface area (Å²) in [6, 6.07) is 14.8. The maximum Gasteiger partial charge on any atom is 0.326 e. The van der Waals surface area contributed by atoms with Gasteiger partial charge in [0.2, 0.25) is 0 Å². The summed E-state index contributed by atoms with van der Waals surface area (Å²) in [6.07, 6.45) is 2.58. The highest BCUT2D eigenvalue weighted by atomic mass is 16.6. The van der Waals surface area contributed by atoms with Crippen LogP contribution in [0.25, 0.3) is 0 Å². The number of amides is 2. The zero-order valence-electron chi connectivity index (χ0n) is 23.8. The predicted octanol–water partition coefficient (Wildman–Crippen LogP) is 4.97. The zero-order chi connectivity index (χ0) is 29.4. The number of urea groups is 1. The molecule has 3 aromatic rings. The molecule has 0 fully saturated rings. The maximum absolute atomic E-state index is 13.5. The second-order valence-corrected chi connectivity index (χ2v) is 9.55. The van der Waals surface area contributed by atoms with E-state index in [1.807, 2.05) is 0 Å². The molecule has 0 unspecified atom stereocenters. The van der Waals surface area contributed by atoms with Gasteiger partial charge in [0, 0.05) is 37.8 Å². The summed E-state index contributed by atoms with van der Waals surface area (Å²) in [4.78, 5) is 28.0. The number of hydrogen-bond donors (Lipinski definition) is 1. The third kappa shape index (κ3) is 6.98. The third-order valence-corrected chi connectivity index (χ3v) is 7.18. The smallest absolute Gasteiger partial charge is 0.326 e. The fourth-order valence-electron chi connectivity index (χ4n) is 4.97. The molecule has 0 spiro atoms. The van der Waals surface area contributed by atoms with Crippen LogP contribution in [0.2, 0.25) is 0 Å². The van der Waals surface area contributed by atoms with Crippen LogP contribution in [-0.4, -0.2) is 70.5 Å². The van der Waals surface area contributed by atoms with Gasteiger partial charge >= 0.3 is 6.03 Å². The summed E-state index contributed by atoms with van der Waals surface area (Å²) >= 11 is 0. The van der Waals surface area contributed by atoms with Crippen molar-refractivity contribution < 1.29 is 28.7 Å². The minimum absolute atomic E-state index is 0.0575. The number of rotatable bonds is 11. The van der Waals surface area contributed by atoms with E-state index < -0.39 is 4.92 Å². The molecule has 3 aromatic carbocycles. The molecule has 0 aromatic heterocycles. The van der Waals surface area contributed by atoms with E-state index in [0.29, 0.717) is 29.4 Å². The normalized spacial score (nSPS) is 13.0. The van der Waals surface area contributed by atoms with E-state index in [-0.39, 0.29) is 11.7 Å². The molecule has 1 heterocycles. The van der Waals surface area contributed by atoms with Crippen LogP contribution in [0.3, 0.4) is 0 Å². The monoisotopic (exact) mass is 564 g/mol. The molecule has 0 saturated heterocycles. The lowest BCUT2D eigenvalue weighted by atomic mass is 10.0. The Bertz CT molecular complexity index is 1330. The fourth-order valence-corrected chi connectivity index (χ4v) is 4.97. The molecule has 2 amide bonds. The summed E-state index contributed by atoms with van der Waals surface area (Å²) in [5, 5.41) is 14.2. The number of methoxy groups -OCH3 is 4. The molecule has 1 aliphatic rings. The fraction of sp³-hybridized carbons (Fsp3) is 0.367. The number of fused-ring (bicyclic) bond motifs is 1. The van der Waals surface area contributed by atoms with E-state index in [1.54, 1.807) is 44.6 Å². The first-order valence-corrected chi connectivity index (χ1v) is 13.4. The van der Waals surface area contributed by atoms with Gasteiger partial charge in [-0.2, -0.15) is 0 Å². The summed E-state index contributed by atoms with van der Waals surface area (Å²) in [7, 11) is 6.35. The van der Waals surface area contributed by atoms with Gasteiger partial charge in [0.1, 0.15) is 0 Å². The van der Waals surface area contributed by atoms with Crippen LogP contribution in [0.1, 0.15) is 17.5 Å². The van der Waals surface area contributed by atoms with Gasteiger partial charge in [-0.15, -0.1) is 0 Å². The van der Waals surface area contributed by atoms with E-state index in [2.05, 4.69) is 22.3 Å². The summed E-state index contributed by atoms with van der Waals surface area (Å²) in [5.74, 6) is 2.47. The topological polar surface area (TPSA) is 116 Å². The lowest BCUT2D eigenvalue weighted by Crippen LogP contribution is -2.38. The number of carbonyl (C=O) groups excluding carboxylic acids is 1. The molecule has 0 aliphatic carbocycles. The third-order valence-electron chi connectivity index (χ3n) is 7.18. The number of nitrogens with one attached hydrogen (secondary N) is 1. The number of nitro groups is 1. The molecule has 4 rings (SSSR count). The van der Waals surface area contributed by atoms with Crippen molar-refractivity contribution in [1.82, 2.24) is 10.2 Å². The van der Waals surface area contributed by atoms with Crippen LogP contribution in [0.4, 0.5) is 21.9 Å². The quantitative estimate of drug-likeness (QED) is 0.197. The molecular weight excluding hydrogens is 528 g/mol. The van der Waals surface area contributed by atoms with Gasteiger partial charge < -0.3 is 29.2 Å². The Balaban J connectivity index is 1.40. The molecule has 1 aliphatic heterocycles. The number of nitrogens with zero attached hydrogens (tertiary/aromatic N) is 3. The van der Waals surface area contributed by atoms with Crippen LogP contribution in [0.5, 0.6) is 23.0 Å². The average Bonchev–Trinajstić information content (AvgIpc) is 3.20. The van der Waals surface area contributed by atoms with Crippen molar-refractivity contribution >= 4 is 23.1 Å². The van der Waals surface area contributed by atoms with Crippen molar-refractivity contribution in [1.29, 1.82) is 0 Å². The van der Waals surface area contributed by atoms with E-state index in [4.69, 9.17) is 18.9 Å². The molecule has 11 heteroatoms. The standard InChI is InChI=1S/C30H36N4O7/c1-38-26-11-10-25(20-29(26)41-4)33(23-6-8-24(9-7-23)34(36)37)30(35)31-14-5-15-32-16-12-21-18-27(39-2)28(40-3)19-22(21)13-17-32/h6-11,18-20H,5,12-17H2,1-4H3,(H,31,35). The van der Waals surface area contributed by atoms with Crippen LogP contribution in [0.15, 0.2) is 54.6 Å². The van der Waals surface area contributed by atoms with E-state index in [9.17, 15) is 14.9 Å². The maximum atomic E-state index is 13.5. The second-order valence-electron chi connectivity index (χ2n) is 9.55. The average molecular weight is 565 g/mol. The Labute approximate surface area is 239 Å². The second kappa shape index (κ2) is 13.7. The SMILES string of the molecule is COc1ccc(N(C(=O)NCCCN2CCc3cc(OC)c(OC)cc3CC2)c2ccc([N+](=O)[O-])cc2)cc1OC. The number of anilines is 2. The van der Waals surface area contributed by atoms with E-state index >= 15 is 0 Å². The van der Waals surface area contributed by atoms with Gasteiger partial charge in [-0.1, -0.05) is 0 Å². The zero-order valence-corrected chi connectivity index (χ0v) is 23.8. The molecule has 0 radical (unpaired) electrons. The molecule has 0 saturated carbocycles. The number of hydrogen-bond acceptors (Lipinski definition) is 8. The van der Waals surface area contributed by atoms with Crippen molar-refractivity contribution in [3.05, 3.63) is 75.8 Å². The minimum atomic E-state index is -0.473. The van der Waals surface area contributed by atoms with Crippen molar-refractivity contribution in [3.63, 3.8) is 0 Å². The first-order valence-electron chi connectivity index (χ1n) is 13.4. The Kier molecular flexibility index (Phi) is 9.86. The van der Waals surface area contributed by atoms with Crippen LogP contribution < -0.4 is 29.2 Å². The molecule has 41 heavy (non-hydrogen) atoms. The number of non-ortho nitro benzene ring substituents is 1. The number of ether oxygens (including phenoxy) is 4. The van der Waals surface area contributed by atoms with E-state index in [1.165, 1.54) is 42.4 Å². The highest BCUT2D eigenvalue weighted by Gasteiger charge is 2.22. The largest absolute Gasteiger partial charge is 0.493 e. The highest BCUT2D eigenvalue weighted by molar-refractivity contribution is 5.99. The number of benzene rings is 3. The minimum Gasteiger partial charge on any atom is -0.493 e. The van der Waals surface area contributed by atoms with Gasteiger partial charge in [0.15, 0.2) is 23.0 Å². The van der Waals surface area contributed by atoms with Crippen molar-refractivity contribution in [2.45, 2.75) is 19.3 Å². The Morgan fingerprint density at radius 2 is 1.37 bits per heavy atom. The Morgan fingerprint density at radius 3 is 1.90 bits per heavy atom. The molecule has 11 nitrogen and oxygen atoms in total. The van der Waals surface area contributed by atoms with E-state index in [0.717, 1.165) is 50.4 Å². The summed E-state index contributed by atoms with van der Waals surface area (Å²) in [5.41, 5.74) is 3.50. The van der Waals surface area contributed by atoms with Gasteiger partial charge in [-0.05, 0) is 73.3 Å². The van der Waals surface area contributed by atoms with Crippen LogP contribution in [0, 0.1) is 10.1 Å². The van der Waals surface area contributed by atoms with Crippen molar-refractivity contribution in [3.8, 4) is 23.0 Å². The summed E-state index contributed by atoms with van der Waals surface area (Å²) in [6.45, 7) is 3.12. The Morgan fingerprint density at radius 1 is 0.829 bits per heavy atom. The highest BCUT2D eigenvalue weighted by Crippen LogP contribution is 2.35. The lowest BCUT2D eigenvalue weighted by molar-refractivity contribution is -0.384. The van der Waals surface area contributed by atoms with Crippen LogP contribution >= 0.6 is 0 Å². The predicted molar refractivity (Wildman–Crippen MR) is 156 cm³/mol. The Hall–Kier alpha value is -4.51. The van der Waals surface area contributed by atoms with Gasteiger partial charge in [0.05, 0.1) is 44.7 Å². The van der Waals surface area contributed by atoms with Crippen LogP contribution in [-0.2, 0) is 12.8 Å². The first kappa shape index (κ1) is 29.5. The first-order chi connectivity index (χ1) is 19.9. The molecule has 0 bridgehead atoms.